The SMILES string of the molecule is COC(=O)/C=C/c1ccc(Nc2nccc(Oc3ccc(NC(=O)C4(C(=O)Nc5ccc(F)cc5)CC4)cc3)n2)cc1. The number of hydrogen-bond donors (Lipinski definition) is 3. The van der Waals surface area contributed by atoms with Crippen molar-refractivity contribution in [3.05, 3.63) is 103 Å². The van der Waals surface area contributed by atoms with Crippen LogP contribution in [-0.4, -0.2) is 34.9 Å². The van der Waals surface area contributed by atoms with Gasteiger partial charge in [0, 0.05) is 35.4 Å². The number of ether oxygens (including phenoxy) is 2. The summed E-state index contributed by atoms with van der Waals surface area (Å²) in [4.78, 5) is 45.5. The molecular formula is C31H26FN5O5. The Kier molecular flexibility index (Phi) is 8.19. The Morgan fingerprint density at radius 3 is 2.02 bits per heavy atom. The fourth-order valence-electron chi connectivity index (χ4n) is 3.94. The molecule has 0 bridgehead atoms. The normalized spacial score (nSPS) is 13.2. The number of esters is 1. The second-order valence-electron chi connectivity index (χ2n) is 9.45. The Bertz CT molecular complexity index is 1620. The van der Waals surface area contributed by atoms with Crippen LogP contribution < -0.4 is 20.7 Å². The zero-order valence-corrected chi connectivity index (χ0v) is 22.5. The third kappa shape index (κ3) is 6.94. The van der Waals surface area contributed by atoms with Crippen LogP contribution in [0.2, 0.25) is 0 Å². The van der Waals surface area contributed by atoms with Gasteiger partial charge in [0.25, 0.3) is 0 Å². The zero-order chi connectivity index (χ0) is 29.5. The van der Waals surface area contributed by atoms with Crippen molar-refractivity contribution in [2.75, 3.05) is 23.1 Å². The molecule has 2 amide bonds. The van der Waals surface area contributed by atoms with Gasteiger partial charge >= 0.3 is 5.97 Å². The summed E-state index contributed by atoms with van der Waals surface area (Å²) in [5.74, 6) is -0.571. The van der Waals surface area contributed by atoms with Crippen molar-refractivity contribution < 1.29 is 28.2 Å². The monoisotopic (exact) mass is 567 g/mol. The van der Waals surface area contributed by atoms with Crippen LogP contribution in [0.25, 0.3) is 6.08 Å². The molecule has 1 saturated carbocycles. The molecule has 0 spiro atoms. The van der Waals surface area contributed by atoms with Crippen LogP contribution in [0.5, 0.6) is 11.6 Å². The summed E-state index contributed by atoms with van der Waals surface area (Å²) >= 11 is 0. The Labute approximate surface area is 240 Å². The van der Waals surface area contributed by atoms with Crippen molar-refractivity contribution in [1.82, 2.24) is 9.97 Å². The van der Waals surface area contributed by atoms with Gasteiger partial charge in [-0.15, -0.1) is 0 Å². The number of benzene rings is 3. The molecule has 11 heteroatoms. The highest BCUT2D eigenvalue weighted by Crippen LogP contribution is 2.47. The molecule has 4 aromatic rings. The molecule has 3 N–H and O–H groups in total. The van der Waals surface area contributed by atoms with E-state index < -0.39 is 29.0 Å². The molecular weight excluding hydrogens is 541 g/mol. The van der Waals surface area contributed by atoms with Gasteiger partial charge in [0.1, 0.15) is 17.0 Å². The highest BCUT2D eigenvalue weighted by molar-refractivity contribution is 6.16. The topological polar surface area (TPSA) is 132 Å². The van der Waals surface area contributed by atoms with E-state index in [1.54, 1.807) is 42.6 Å². The Hall–Kier alpha value is -5.58. The largest absolute Gasteiger partial charge is 0.466 e. The van der Waals surface area contributed by atoms with Gasteiger partial charge in [-0.25, -0.2) is 14.2 Å². The molecule has 1 heterocycles. The summed E-state index contributed by atoms with van der Waals surface area (Å²) in [6.07, 6.45) is 5.39. The van der Waals surface area contributed by atoms with E-state index in [0.29, 0.717) is 41.8 Å². The molecule has 0 saturated heterocycles. The number of rotatable bonds is 10. The fourth-order valence-corrected chi connectivity index (χ4v) is 3.94. The smallest absolute Gasteiger partial charge is 0.330 e. The van der Waals surface area contributed by atoms with E-state index >= 15 is 0 Å². The van der Waals surface area contributed by atoms with Gasteiger partial charge in [0.2, 0.25) is 23.6 Å². The number of hydrogen-bond acceptors (Lipinski definition) is 8. The number of amides is 2. The first kappa shape index (κ1) is 28.0. The number of anilines is 4. The van der Waals surface area contributed by atoms with Gasteiger partial charge in [-0.05, 0) is 85.1 Å². The van der Waals surface area contributed by atoms with Gasteiger partial charge in [0.15, 0.2) is 0 Å². The molecule has 5 rings (SSSR count). The molecule has 1 aliphatic carbocycles. The van der Waals surface area contributed by atoms with Crippen molar-refractivity contribution >= 4 is 46.9 Å². The number of halogens is 1. The van der Waals surface area contributed by atoms with Crippen LogP contribution in [0.4, 0.5) is 27.4 Å². The number of methoxy groups -OCH3 is 1. The lowest BCUT2D eigenvalue weighted by Crippen LogP contribution is -2.35. The van der Waals surface area contributed by atoms with Crippen LogP contribution in [-0.2, 0) is 19.1 Å². The molecule has 10 nitrogen and oxygen atoms in total. The first-order chi connectivity index (χ1) is 20.3. The van der Waals surface area contributed by atoms with E-state index in [2.05, 4.69) is 30.7 Å². The number of nitrogens with zero attached hydrogens (tertiary/aromatic N) is 2. The predicted molar refractivity (Wildman–Crippen MR) is 155 cm³/mol. The lowest BCUT2D eigenvalue weighted by molar-refractivity contribution is -0.135. The van der Waals surface area contributed by atoms with Gasteiger partial charge in [0.05, 0.1) is 7.11 Å². The van der Waals surface area contributed by atoms with E-state index in [-0.39, 0.29) is 0 Å². The van der Waals surface area contributed by atoms with E-state index in [0.717, 1.165) is 11.3 Å². The van der Waals surface area contributed by atoms with Crippen molar-refractivity contribution in [2.45, 2.75) is 12.8 Å². The van der Waals surface area contributed by atoms with Crippen molar-refractivity contribution in [3.63, 3.8) is 0 Å². The lowest BCUT2D eigenvalue weighted by Gasteiger charge is -2.16. The highest BCUT2D eigenvalue weighted by Gasteiger charge is 2.56. The van der Waals surface area contributed by atoms with Crippen LogP contribution >= 0.6 is 0 Å². The molecule has 42 heavy (non-hydrogen) atoms. The molecule has 1 aliphatic rings. The Balaban J connectivity index is 1.16. The summed E-state index contributed by atoms with van der Waals surface area (Å²) in [7, 11) is 1.32. The van der Waals surface area contributed by atoms with Crippen molar-refractivity contribution in [2.24, 2.45) is 5.41 Å². The summed E-state index contributed by atoms with van der Waals surface area (Å²) in [5.41, 5.74) is 1.33. The quantitative estimate of drug-likeness (QED) is 0.126. The maximum atomic E-state index is 13.1. The third-order valence-corrected chi connectivity index (χ3v) is 6.47. The van der Waals surface area contributed by atoms with Gasteiger partial charge in [-0.1, -0.05) is 12.1 Å². The van der Waals surface area contributed by atoms with Crippen LogP contribution in [0.3, 0.4) is 0 Å². The first-order valence-electron chi connectivity index (χ1n) is 13.0. The molecule has 0 unspecified atom stereocenters. The molecule has 3 aromatic carbocycles. The third-order valence-electron chi connectivity index (χ3n) is 6.47. The first-order valence-corrected chi connectivity index (χ1v) is 13.0. The van der Waals surface area contributed by atoms with E-state index in [1.165, 1.54) is 37.5 Å². The van der Waals surface area contributed by atoms with Gasteiger partial charge in [-0.2, -0.15) is 4.98 Å². The van der Waals surface area contributed by atoms with Gasteiger partial charge < -0.3 is 25.4 Å². The van der Waals surface area contributed by atoms with E-state index in [4.69, 9.17) is 4.74 Å². The maximum Gasteiger partial charge on any atom is 0.330 e. The molecule has 1 fully saturated rings. The minimum atomic E-state index is -1.16. The lowest BCUT2D eigenvalue weighted by atomic mass is 10.0. The molecule has 0 radical (unpaired) electrons. The minimum absolute atomic E-state index is 0.302. The molecule has 1 aromatic heterocycles. The highest BCUT2D eigenvalue weighted by atomic mass is 19.1. The standard InChI is InChI=1S/C31H26FN5O5/c1-41-27(38)15-4-20-2-7-24(8-3-20)36-30-33-19-16-26(37-30)42-25-13-11-23(12-14-25)35-29(40)31(17-18-31)28(39)34-22-9-5-21(32)6-10-22/h2-16,19H,17-18H2,1H3,(H,34,39)(H,35,40)(H,33,36,37)/b15-4+. The Morgan fingerprint density at radius 1 is 0.833 bits per heavy atom. The summed E-state index contributed by atoms with van der Waals surface area (Å²) in [6, 6.07) is 20.9. The van der Waals surface area contributed by atoms with Crippen LogP contribution in [0.1, 0.15) is 18.4 Å². The van der Waals surface area contributed by atoms with E-state index in [1.807, 2.05) is 24.3 Å². The number of nitrogens with one attached hydrogen (secondary N) is 3. The summed E-state index contributed by atoms with van der Waals surface area (Å²) < 4.78 is 23.6. The predicted octanol–water partition coefficient (Wildman–Crippen LogP) is 5.70. The van der Waals surface area contributed by atoms with E-state index in [9.17, 15) is 18.8 Å². The average Bonchev–Trinajstić information content (AvgIpc) is 3.82. The number of carbonyl (C=O) groups is 3. The second-order valence-corrected chi connectivity index (χ2v) is 9.45. The summed E-state index contributed by atoms with van der Waals surface area (Å²) in [5, 5.41) is 8.57. The summed E-state index contributed by atoms with van der Waals surface area (Å²) in [6.45, 7) is 0. The zero-order valence-electron chi connectivity index (χ0n) is 22.5. The Morgan fingerprint density at radius 2 is 1.43 bits per heavy atom. The number of aromatic nitrogens is 2. The van der Waals surface area contributed by atoms with Crippen molar-refractivity contribution in [1.29, 1.82) is 0 Å². The van der Waals surface area contributed by atoms with Crippen LogP contribution in [0.15, 0.2) is 91.1 Å². The molecule has 212 valence electrons. The maximum absolute atomic E-state index is 13.1. The van der Waals surface area contributed by atoms with Gasteiger partial charge in [-0.3, -0.25) is 9.59 Å². The fraction of sp³-hybridized carbons (Fsp3) is 0.129. The van der Waals surface area contributed by atoms with Crippen LogP contribution in [0, 0.1) is 11.2 Å². The number of carbonyl (C=O) groups excluding carboxylic acids is 3. The second kappa shape index (κ2) is 12.3. The molecule has 0 atom stereocenters. The van der Waals surface area contributed by atoms with Crippen molar-refractivity contribution in [3.8, 4) is 11.6 Å². The minimum Gasteiger partial charge on any atom is -0.466 e. The molecule has 0 aliphatic heterocycles. The average molecular weight is 568 g/mol.